The molecule has 0 aliphatic heterocycles. The molecule has 0 aliphatic carbocycles. The first-order chi connectivity index (χ1) is 12.4. The lowest BCUT2D eigenvalue weighted by molar-refractivity contribution is 0.0963. The van der Waals surface area contributed by atoms with E-state index < -0.39 is 7.60 Å². The van der Waals surface area contributed by atoms with Crippen LogP contribution in [0.2, 0.25) is 0 Å². The molecule has 1 heterocycles. The number of nitrogens with zero attached hydrogens (tertiary/aromatic N) is 2. The highest BCUT2D eigenvalue weighted by molar-refractivity contribution is 7.61. The first-order valence-corrected chi connectivity index (χ1v) is 9.76. The SMILES string of the molecule is CCOP(=O)(O)c1ccc(Cn2cnc3ccc(C(=O)NC)cc32)cc1. The van der Waals surface area contributed by atoms with Gasteiger partial charge in [-0.3, -0.25) is 9.36 Å². The largest absolute Gasteiger partial charge is 0.358 e. The first-order valence-electron chi connectivity index (χ1n) is 8.18. The van der Waals surface area contributed by atoms with E-state index in [0.29, 0.717) is 12.1 Å². The average molecular weight is 373 g/mol. The summed E-state index contributed by atoms with van der Waals surface area (Å²) in [4.78, 5) is 26.0. The molecule has 2 N–H and O–H groups in total. The standard InChI is InChI=1S/C18H20N3O4P/c1-3-25-26(23,24)15-7-4-13(5-8-15)11-21-12-20-16-9-6-14(10-17(16)21)18(22)19-2/h4-10,12H,3,11H2,1-2H3,(H,19,22)(H,23,24). The van der Waals surface area contributed by atoms with Crippen molar-refractivity contribution in [2.75, 3.05) is 13.7 Å². The van der Waals surface area contributed by atoms with Crippen molar-refractivity contribution < 1.29 is 18.8 Å². The second kappa shape index (κ2) is 7.41. The number of rotatable bonds is 6. The van der Waals surface area contributed by atoms with Crippen LogP contribution in [0.5, 0.6) is 0 Å². The zero-order chi connectivity index (χ0) is 18.7. The lowest BCUT2D eigenvalue weighted by Gasteiger charge is -2.11. The molecule has 136 valence electrons. The summed E-state index contributed by atoms with van der Waals surface area (Å²) in [6.07, 6.45) is 1.71. The number of aromatic nitrogens is 2. The molecular weight excluding hydrogens is 353 g/mol. The summed E-state index contributed by atoms with van der Waals surface area (Å²) in [7, 11) is -2.17. The quantitative estimate of drug-likeness (QED) is 0.647. The highest BCUT2D eigenvalue weighted by Gasteiger charge is 2.21. The summed E-state index contributed by atoms with van der Waals surface area (Å²) in [5.74, 6) is -0.154. The van der Waals surface area contributed by atoms with Gasteiger partial charge in [-0.2, -0.15) is 0 Å². The van der Waals surface area contributed by atoms with Crippen LogP contribution in [0.25, 0.3) is 11.0 Å². The van der Waals surface area contributed by atoms with Crippen molar-refractivity contribution in [3.8, 4) is 0 Å². The topological polar surface area (TPSA) is 93.4 Å². The smallest absolute Gasteiger partial charge is 0.355 e. The summed E-state index contributed by atoms with van der Waals surface area (Å²) in [5, 5.41) is 2.87. The number of fused-ring (bicyclic) bond motifs is 1. The fraction of sp³-hybridized carbons (Fsp3) is 0.222. The average Bonchev–Trinajstić information content (AvgIpc) is 3.03. The van der Waals surface area contributed by atoms with Gasteiger partial charge >= 0.3 is 7.60 Å². The number of hydrogen-bond donors (Lipinski definition) is 2. The fourth-order valence-electron chi connectivity index (χ4n) is 2.70. The van der Waals surface area contributed by atoms with Gasteiger partial charge in [0.25, 0.3) is 5.91 Å². The van der Waals surface area contributed by atoms with E-state index in [0.717, 1.165) is 16.6 Å². The summed E-state index contributed by atoms with van der Waals surface area (Å²) < 4.78 is 18.9. The third-order valence-electron chi connectivity index (χ3n) is 4.03. The molecule has 0 saturated heterocycles. The molecular formula is C18H20N3O4P. The van der Waals surface area contributed by atoms with E-state index in [9.17, 15) is 14.3 Å². The number of amides is 1. The molecule has 1 aromatic heterocycles. The molecule has 1 atom stereocenters. The second-order valence-electron chi connectivity index (χ2n) is 5.76. The fourth-order valence-corrected chi connectivity index (χ4v) is 3.73. The van der Waals surface area contributed by atoms with Crippen LogP contribution in [0, 0.1) is 0 Å². The molecule has 3 rings (SSSR count). The van der Waals surface area contributed by atoms with E-state index in [4.69, 9.17) is 4.52 Å². The van der Waals surface area contributed by atoms with E-state index >= 15 is 0 Å². The Morgan fingerprint density at radius 1 is 1.27 bits per heavy atom. The molecule has 8 heteroatoms. The lowest BCUT2D eigenvalue weighted by atomic mass is 10.1. The van der Waals surface area contributed by atoms with Crippen molar-refractivity contribution in [3.05, 3.63) is 59.9 Å². The van der Waals surface area contributed by atoms with Crippen LogP contribution in [0.15, 0.2) is 48.8 Å². The minimum Gasteiger partial charge on any atom is -0.355 e. The normalized spacial score (nSPS) is 13.5. The minimum absolute atomic E-state index is 0.154. The summed E-state index contributed by atoms with van der Waals surface area (Å²) in [5.41, 5.74) is 3.15. The summed E-state index contributed by atoms with van der Waals surface area (Å²) >= 11 is 0. The number of benzene rings is 2. The van der Waals surface area contributed by atoms with Gasteiger partial charge in [-0.05, 0) is 42.8 Å². The minimum atomic E-state index is -3.76. The zero-order valence-corrected chi connectivity index (χ0v) is 15.4. The Morgan fingerprint density at radius 2 is 2.00 bits per heavy atom. The zero-order valence-electron chi connectivity index (χ0n) is 14.5. The van der Waals surface area contributed by atoms with Crippen LogP contribution >= 0.6 is 7.60 Å². The van der Waals surface area contributed by atoms with E-state index in [-0.39, 0.29) is 17.8 Å². The van der Waals surface area contributed by atoms with Gasteiger partial charge in [-0.15, -0.1) is 0 Å². The maximum atomic E-state index is 12.0. The third kappa shape index (κ3) is 3.70. The van der Waals surface area contributed by atoms with Crippen LogP contribution < -0.4 is 10.6 Å². The third-order valence-corrected chi connectivity index (χ3v) is 5.59. The van der Waals surface area contributed by atoms with Gasteiger partial charge in [0.1, 0.15) is 0 Å². The number of carbonyl (C=O) groups is 1. The highest BCUT2D eigenvalue weighted by atomic mass is 31.2. The van der Waals surface area contributed by atoms with Gasteiger partial charge in [0.15, 0.2) is 0 Å². The van der Waals surface area contributed by atoms with Gasteiger partial charge < -0.3 is 19.3 Å². The monoisotopic (exact) mass is 373 g/mol. The molecule has 0 saturated carbocycles. The predicted molar refractivity (Wildman–Crippen MR) is 99.8 cm³/mol. The first kappa shape index (κ1) is 18.3. The molecule has 1 amide bonds. The highest BCUT2D eigenvalue weighted by Crippen LogP contribution is 2.40. The van der Waals surface area contributed by atoms with Crippen LogP contribution in [-0.2, 0) is 15.6 Å². The van der Waals surface area contributed by atoms with Crippen molar-refractivity contribution >= 4 is 29.8 Å². The molecule has 0 spiro atoms. The molecule has 3 aromatic rings. The van der Waals surface area contributed by atoms with E-state index in [2.05, 4.69) is 10.3 Å². The number of nitrogens with one attached hydrogen (secondary N) is 1. The Morgan fingerprint density at radius 3 is 2.65 bits per heavy atom. The van der Waals surface area contributed by atoms with Gasteiger partial charge in [0.2, 0.25) is 0 Å². The van der Waals surface area contributed by atoms with Crippen LogP contribution in [0.1, 0.15) is 22.8 Å². The Bertz CT molecular complexity index is 982. The summed E-state index contributed by atoms with van der Waals surface area (Å²) in [6.45, 7) is 2.37. The van der Waals surface area contributed by atoms with Crippen molar-refractivity contribution in [3.63, 3.8) is 0 Å². The molecule has 0 aliphatic rings. The molecule has 26 heavy (non-hydrogen) atoms. The predicted octanol–water partition coefficient (Wildman–Crippen LogP) is 2.29. The van der Waals surface area contributed by atoms with E-state index in [1.165, 1.54) is 0 Å². The van der Waals surface area contributed by atoms with Gasteiger partial charge in [-0.1, -0.05) is 12.1 Å². The van der Waals surface area contributed by atoms with Gasteiger partial charge in [0.05, 0.1) is 29.3 Å². The molecule has 2 aromatic carbocycles. The second-order valence-corrected chi connectivity index (χ2v) is 7.58. The Kier molecular flexibility index (Phi) is 5.23. The van der Waals surface area contributed by atoms with Gasteiger partial charge in [-0.25, -0.2) is 4.98 Å². The van der Waals surface area contributed by atoms with Crippen LogP contribution in [0.4, 0.5) is 0 Å². The lowest BCUT2D eigenvalue weighted by Crippen LogP contribution is -2.17. The molecule has 0 bridgehead atoms. The van der Waals surface area contributed by atoms with Gasteiger partial charge in [0, 0.05) is 19.2 Å². The number of carbonyl (C=O) groups excluding carboxylic acids is 1. The molecule has 1 unspecified atom stereocenters. The Hall–Kier alpha value is -2.47. The van der Waals surface area contributed by atoms with Crippen molar-refractivity contribution in [2.24, 2.45) is 0 Å². The van der Waals surface area contributed by atoms with E-state index in [1.54, 1.807) is 56.7 Å². The molecule has 0 radical (unpaired) electrons. The maximum absolute atomic E-state index is 12.0. The summed E-state index contributed by atoms with van der Waals surface area (Å²) in [6, 6.07) is 12.1. The molecule has 0 fully saturated rings. The number of imidazole rings is 1. The molecule has 7 nitrogen and oxygen atoms in total. The van der Waals surface area contributed by atoms with E-state index in [1.807, 2.05) is 10.6 Å². The van der Waals surface area contributed by atoms with Crippen LogP contribution in [0.3, 0.4) is 0 Å². The van der Waals surface area contributed by atoms with Crippen molar-refractivity contribution in [2.45, 2.75) is 13.5 Å². The van der Waals surface area contributed by atoms with Crippen molar-refractivity contribution in [1.29, 1.82) is 0 Å². The maximum Gasteiger partial charge on any atom is 0.358 e. The van der Waals surface area contributed by atoms with Crippen LogP contribution in [-0.4, -0.2) is 34.0 Å². The Labute approximate surface area is 151 Å². The Balaban J connectivity index is 1.87. The van der Waals surface area contributed by atoms with Crippen molar-refractivity contribution in [1.82, 2.24) is 14.9 Å². The number of hydrogen-bond acceptors (Lipinski definition) is 4.